The molecule has 0 saturated heterocycles. The number of aliphatic hydroxyl groups is 1. The quantitative estimate of drug-likeness (QED) is 0.456. The molecule has 0 aliphatic carbocycles. The maximum Gasteiger partial charge on any atom is 0.188 e. The van der Waals surface area contributed by atoms with Crippen molar-refractivity contribution in [1.82, 2.24) is 5.32 Å². The first-order chi connectivity index (χ1) is 7.49. The molecule has 0 bridgehead atoms. The predicted octanol–water partition coefficient (Wildman–Crippen LogP) is 1.35. The molecule has 4 N–H and O–H groups in total. The Kier molecular flexibility index (Phi) is 7.13. The van der Waals surface area contributed by atoms with Gasteiger partial charge in [-0.05, 0) is 18.8 Å². The molecule has 0 saturated carbocycles. The molecule has 0 fully saturated rings. The minimum Gasteiger partial charge on any atom is -0.396 e. The van der Waals surface area contributed by atoms with Crippen LogP contribution >= 0.6 is 0 Å². The molecule has 0 aromatic rings. The van der Waals surface area contributed by atoms with E-state index in [1.54, 1.807) is 0 Å². The van der Waals surface area contributed by atoms with Gasteiger partial charge in [0.1, 0.15) is 0 Å². The van der Waals surface area contributed by atoms with Crippen LogP contribution in [0.5, 0.6) is 0 Å². The number of hydrogen-bond acceptors (Lipinski definition) is 2. The Morgan fingerprint density at radius 2 is 1.94 bits per heavy atom. The summed E-state index contributed by atoms with van der Waals surface area (Å²) < 4.78 is 0. The van der Waals surface area contributed by atoms with Crippen molar-refractivity contribution < 1.29 is 5.11 Å². The van der Waals surface area contributed by atoms with Crippen molar-refractivity contribution in [2.45, 2.75) is 40.5 Å². The van der Waals surface area contributed by atoms with E-state index < -0.39 is 0 Å². The van der Waals surface area contributed by atoms with Gasteiger partial charge < -0.3 is 16.2 Å². The normalized spacial score (nSPS) is 13.2. The number of nitrogens with zero attached hydrogens (tertiary/aromatic N) is 1. The van der Waals surface area contributed by atoms with Crippen molar-refractivity contribution in [3.63, 3.8) is 0 Å². The molecule has 0 aliphatic rings. The van der Waals surface area contributed by atoms with E-state index in [2.05, 4.69) is 38.0 Å². The SMILES string of the molecule is CCC(CC)(CO)CN=C(N)NCC(C)C. The summed E-state index contributed by atoms with van der Waals surface area (Å²) in [7, 11) is 0. The van der Waals surface area contributed by atoms with Gasteiger partial charge in [-0.1, -0.05) is 27.7 Å². The fraction of sp³-hybridized carbons (Fsp3) is 0.917. The highest BCUT2D eigenvalue weighted by Gasteiger charge is 2.24. The Balaban J connectivity index is 4.21. The van der Waals surface area contributed by atoms with E-state index in [1.165, 1.54) is 0 Å². The molecule has 0 rings (SSSR count). The van der Waals surface area contributed by atoms with E-state index in [0.717, 1.165) is 19.4 Å². The Labute approximate surface area is 99.3 Å². The lowest BCUT2D eigenvalue weighted by molar-refractivity contribution is 0.123. The van der Waals surface area contributed by atoms with Crippen LogP contribution in [0, 0.1) is 11.3 Å². The zero-order valence-corrected chi connectivity index (χ0v) is 11.1. The van der Waals surface area contributed by atoms with Crippen LogP contribution in [0.15, 0.2) is 4.99 Å². The number of nitrogens with two attached hydrogens (primary N) is 1. The van der Waals surface area contributed by atoms with Gasteiger partial charge in [-0.3, -0.25) is 4.99 Å². The van der Waals surface area contributed by atoms with Crippen molar-refractivity contribution in [3.8, 4) is 0 Å². The molecular formula is C12H27N3O. The van der Waals surface area contributed by atoms with Gasteiger partial charge in [0.2, 0.25) is 0 Å². The van der Waals surface area contributed by atoms with E-state index in [0.29, 0.717) is 18.4 Å². The predicted molar refractivity (Wildman–Crippen MR) is 69.4 cm³/mol. The summed E-state index contributed by atoms with van der Waals surface area (Å²) in [4.78, 5) is 4.30. The van der Waals surface area contributed by atoms with Crippen LogP contribution in [0.2, 0.25) is 0 Å². The average molecular weight is 229 g/mol. The minimum atomic E-state index is -0.107. The Hall–Kier alpha value is -0.770. The number of rotatable bonds is 7. The molecule has 4 nitrogen and oxygen atoms in total. The third-order valence-electron chi connectivity index (χ3n) is 3.11. The average Bonchev–Trinajstić information content (AvgIpc) is 2.29. The van der Waals surface area contributed by atoms with E-state index in [-0.39, 0.29) is 12.0 Å². The second-order valence-corrected chi connectivity index (χ2v) is 4.84. The highest BCUT2D eigenvalue weighted by atomic mass is 16.3. The van der Waals surface area contributed by atoms with Crippen LogP contribution < -0.4 is 11.1 Å². The molecule has 0 aromatic carbocycles. The topological polar surface area (TPSA) is 70.6 Å². The second kappa shape index (κ2) is 7.49. The van der Waals surface area contributed by atoms with Crippen LogP contribution in [0.3, 0.4) is 0 Å². The van der Waals surface area contributed by atoms with Gasteiger partial charge in [0.15, 0.2) is 5.96 Å². The number of aliphatic imine (C=N–C) groups is 1. The lowest BCUT2D eigenvalue weighted by Crippen LogP contribution is -2.36. The molecule has 0 atom stereocenters. The molecule has 0 amide bonds. The summed E-state index contributed by atoms with van der Waals surface area (Å²) in [5, 5.41) is 12.5. The fourth-order valence-electron chi connectivity index (χ4n) is 1.36. The van der Waals surface area contributed by atoms with Crippen molar-refractivity contribution in [2.75, 3.05) is 19.7 Å². The summed E-state index contributed by atoms with van der Waals surface area (Å²) in [5.74, 6) is 1.03. The lowest BCUT2D eigenvalue weighted by Gasteiger charge is -2.27. The van der Waals surface area contributed by atoms with Crippen molar-refractivity contribution in [1.29, 1.82) is 0 Å². The summed E-state index contributed by atoms with van der Waals surface area (Å²) >= 11 is 0. The second-order valence-electron chi connectivity index (χ2n) is 4.84. The first-order valence-corrected chi connectivity index (χ1v) is 6.14. The Bertz CT molecular complexity index is 202. The minimum absolute atomic E-state index is 0.107. The van der Waals surface area contributed by atoms with Gasteiger partial charge in [0.05, 0.1) is 13.2 Å². The fourth-order valence-corrected chi connectivity index (χ4v) is 1.36. The largest absolute Gasteiger partial charge is 0.396 e. The number of aliphatic hydroxyl groups excluding tert-OH is 1. The van der Waals surface area contributed by atoms with Crippen LogP contribution in [0.1, 0.15) is 40.5 Å². The smallest absolute Gasteiger partial charge is 0.188 e. The van der Waals surface area contributed by atoms with Gasteiger partial charge in [-0.2, -0.15) is 0 Å². The van der Waals surface area contributed by atoms with Gasteiger partial charge in [-0.25, -0.2) is 0 Å². The lowest BCUT2D eigenvalue weighted by atomic mass is 9.83. The van der Waals surface area contributed by atoms with Crippen LogP contribution in [-0.2, 0) is 0 Å². The number of hydrogen-bond donors (Lipinski definition) is 3. The van der Waals surface area contributed by atoms with E-state index >= 15 is 0 Å². The standard InChI is InChI=1S/C12H27N3O/c1-5-12(6-2,9-16)8-15-11(13)14-7-10(3)4/h10,16H,5-9H2,1-4H3,(H3,13,14,15). The molecule has 4 heteroatoms. The monoisotopic (exact) mass is 229 g/mol. The Morgan fingerprint density at radius 1 is 1.38 bits per heavy atom. The molecule has 0 aromatic heterocycles. The van der Waals surface area contributed by atoms with Crippen LogP contribution in [0.25, 0.3) is 0 Å². The molecule has 0 unspecified atom stereocenters. The first kappa shape index (κ1) is 15.2. The molecule has 0 heterocycles. The molecule has 0 radical (unpaired) electrons. The molecule has 0 aliphatic heterocycles. The summed E-state index contributed by atoms with van der Waals surface area (Å²) in [6.07, 6.45) is 1.84. The van der Waals surface area contributed by atoms with Gasteiger partial charge >= 0.3 is 0 Å². The number of guanidine groups is 1. The van der Waals surface area contributed by atoms with Crippen molar-refractivity contribution >= 4 is 5.96 Å². The van der Waals surface area contributed by atoms with Crippen molar-refractivity contribution in [2.24, 2.45) is 22.1 Å². The maximum absolute atomic E-state index is 9.38. The van der Waals surface area contributed by atoms with Gasteiger partial charge in [0.25, 0.3) is 0 Å². The van der Waals surface area contributed by atoms with Crippen LogP contribution in [-0.4, -0.2) is 30.8 Å². The Morgan fingerprint density at radius 3 is 2.31 bits per heavy atom. The zero-order chi connectivity index (χ0) is 12.6. The van der Waals surface area contributed by atoms with E-state index in [4.69, 9.17) is 5.73 Å². The van der Waals surface area contributed by atoms with Gasteiger partial charge in [-0.15, -0.1) is 0 Å². The van der Waals surface area contributed by atoms with Gasteiger partial charge in [0, 0.05) is 12.0 Å². The molecule has 96 valence electrons. The van der Waals surface area contributed by atoms with E-state index in [9.17, 15) is 5.11 Å². The summed E-state index contributed by atoms with van der Waals surface area (Å²) in [5.41, 5.74) is 5.64. The maximum atomic E-state index is 9.38. The zero-order valence-electron chi connectivity index (χ0n) is 11.1. The molecule has 0 spiro atoms. The third kappa shape index (κ3) is 5.35. The van der Waals surface area contributed by atoms with Crippen molar-refractivity contribution in [3.05, 3.63) is 0 Å². The summed E-state index contributed by atoms with van der Waals surface area (Å²) in [6, 6.07) is 0. The first-order valence-electron chi connectivity index (χ1n) is 6.14. The van der Waals surface area contributed by atoms with Crippen LogP contribution in [0.4, 0.5) is 0 Å². The summed E-state index contributed by atoms with van der Waals surface area (Å²) in [6.45, 7) is 9.99. The highest BCUT2D eigenvalue weighted by molar-refractivity contribution is 5.77. The molecule has 16 heavy (non-hydrogen) atoms. The van der Waals surface area contributed by atoms with E-state index in [1.807, 2.05) is 0 Å². The highest BCUT2D eigenvalue weighted by Crippen LogP contribution is 2.25. The third-order valence-corrected chi connectivity index (χ3v) is 3.11. The number of nitrogens with one attached hydrogen (secondary N) is 1. The molecular weight excluding hydrogens is 202 g/mol.